The average Bonchev–Trinajstić information content (AvgIpc) is 3.67. The number of benzene rings is 5. The summed E-state index contributed by atoms with van der Waals surface area (Å²) in [6.07, 6.45) is 1.85. The van der Waals surface area contributed by atoms with Crippen LogP contribution in [0.15, 0.2) is 128 Å². The Hall–Kier alpha value is -5.04. The fraction of sp³-hybridized carbons (Fsp3) is 0.100. The number of aromatic nitrogens is 2. The van der Waals surface area contributed by atoms with E-state index in [0.717, 1.165) is 54.7 Å². The lowest BCUT2D eigenvalue weighted by atomic mass is 9.86. The third-order valence-corrected chi connectivity index (χ3v) is 10.6. The lowest BCUT2D eigenvalue weighted by Crippen LogP contribution is -2.11. The van der Waals surface area contributed by atoms with Crippen molar-refractivity contribution in [1.29, 1.82) is 0 Å². The van der Waals surface area contributed by atoms with E-state index >= 15 is 0 Å². The van der Waals surface area contributed by atoms with Gasteiger partial charge in [0.15, 0.2) is 0 Å². The van der Waals surface area contributed by atoms with Gasteiger partial charge in [0.2, 0.25) is 0 Å². The molecule has 8 aromatic rings. The van der Waals surface area contributed by atoms with Gasteiger partial charge in [0.25, 0.3) is 0 Å². The van der Waals surface area contributed by atoms with Gasteiger partial charge < -0.3 is 5.11 Å². The lowest BCUT2D eigenvalue weighted by Gasteiger charge is -2.25. The molecule has 0 atom stereocenters. The summed E-state index contributed by atoms with van der Waals surface area (Å²) in [5.41, 5.74) is 7.04. The first kappa shape index (κ1) is 28.4. The molecule has 6 heteroatoms. The molecule has 8 rings (SSSR count). The van der Waals surface area contributed by atoms with Gasteiger partial charge in [0.05, 0.1) is 21.5 Å². The van der Waals surface area contributed by atoms with E-state index in [-0.39, 0.29) is 11.2 Å². The Morgan fingerprint density at radius 1 is 0.674 bits per heavy atom. The number of thiophene rings is 1. The first-order chi connectivity index (χ1) is 22.3. The van der Waals surface area contributed by atoms with Crippen LogP contribution in [0.4, 0.5) is 17.2 Å². The van der Waals surface area contributed by atoms with Gasteiger partial charge in [-0.3, -0.25) is 4.90 Å². The van der Waals surface area contributed by atoms with Crippen molar-refractivity contribution in [3.8, 4) is 27.4 Å². The maximum atomic E-state index is 10.9. The van der Waals surface area contributed by atoms with Crippen LogP contribution in [0.5, 0.6) is 5.75 Å². The Morgan fingerprint density at radius 3 is 2.30 bits per heavy atom. The second-order valence-corrected chi connectivity index (χ2v) is 14.6. The van der Waals surface area contributed by atoms with Crippen LogP contribution in [0.25, 0.3) is 52.1 Å². The third kappa shape index (κ3) is 4.91. The molecule has 0 spiro atoms. The van der Waals surface area contributed by atoms with E-state index in [0.29, 0.717) is 0 Å². The van der Waals surface area contributed by atoms with Gasteiger partial charge in [-0.25, -0.2) is 9.97 Å². The zero-order valence-corrected chi connectivity index (χ0v) is 27.4. The number of para-hydroxylation sites is 1. The normalized spacial score (nSPS) is 11.9. The van der Waals surface area contributed by atoms with Crippen LogP contribution >= 0.6 is 22.7 Å². The minimum absolute atomic E-state index is 0.0378. The molecule has 46 heavy (non-hydrogen) atoms. The Labute approximate surface area is 275 Å². The van der Waals surface area contributed by atoms with E-state index in [1.165, 1.54) is 20.2 Å². The molecule has 0 radical (unpaired) electrons. The summed E-state index contributed by atoms with van der Waals surface area (Å²) in [5.74, 6) is 1.10. The molecule has 0 aliphatic carbocycles. The number of nitrogens with zero attached hydrogens (tertiary/aromatic N) is 3. The summed E-state index contributed by atoms with van der Waals surface area (Å²) in [6.45, 7) is 6.55. The molecule has 0 bridgehead atoms. The molecule has 1 N–H and O–H groups in total. The largest absolute Gasteiger partial charge is 0.507 e. The zero-order valence-electron chi connectivity index (χ0n) is 25.7. The highest BCUT2D eigenvalue weighted by Gasteiger charge is 2.21. The Kier molecular flexibility index (Phi) is 6.85. The van der Waals surface area contributed by atoms with E-state index in [4.69, 9.17) is 9.97 Å². The van der Waals surface area contributed by atoms with Crippen molar-refractivity contribution in [2.45, 2.75) is 26.2 Å². The standard InChI is InChI=1S/C40H31N3OS2/c1-40(2,3)26-20-21-32(44)30(24-26)39-42-38-28(14-9-18-35(38)46-39)25-11-8-12-27(23-25)43(36-19-6-7-22-41-36)31-15-10-17-34-37(31)29-13-4-5-16-33(29)45-34/h4-24,44H,1-3H3. The van der Waals surface area contributed by atoms with E-state index in [1.807, 2.05) is 35.7 Å². The summed E-state index contributed by atoms with van der Waals surface area (Å²) in [6, 6.07) is 42.0. The van der Waals surface area contributed by atoms with Crippen molar-refractivity contribution in [3.63, 3.8) is 0 Å². The van der Waals surface area contributed by atoms with Crippen LogP contribution in [0, 0.1) is 0 Å². The Balaban J connectivity index is 1.29. The Bertz CT molecular complexity index is 2380. The maximum absolute atomic E-state index is 10.9. The average molecular weight is 634 g/mol. The lowest BCUT2D eigenvalue weighted by molar-refractivity contribution is 0.476. The smallest absolute Gasteiger partial charge is 0.137 e. The summed E-state index contributed by atoms with van der Waals surface area (Å²) < 4.78 is 3.59. The zero-order chi connectivity index (χ0) is 31.4. The SMILES string of the molecule is CC(C)(C)c1ccc(O)c(-c2nc3c(-c4cccc(N(c5ccccn5)c5cccc6sc7ccccc7c56)c4)cccc3s2)c1. The van der Waals surface area contributed by atoms with Crippen molar-refractivity contribution >= 4 is 70.3 Å². The Morgan fingerprint density at radius 2 is 1.46 bits per heavy atom. The molecule has 0 saturated carbocycles. The van der Waals surface area contributed by atoms with E-state index in [9.17, 15) is 5.11 Å². The molecule has 3 heterocycles. The fourth-order valence-electron chi connectivity index (χ4n) is 6.11. The van der Waals surface area contributed by atoms with Crippen molar-refractivity contribution in [2.24, 2.45) is 0 Å². The first-order valence-corrected chi connectivity index (χ1v) is 16.9. The summed E-state index contributed by atoms with van der Waals surface area (Å²) >= 11 is 3.43. The van der Waals surface area contributed by atoms with E-state index in [1.54, 1.807) is 17.4 Å². The molecule has 0 fully saturated rings. The monoisotopic (exact) mass is 633 g/mol. The molecule has 3 aromatic heterocycles. The molecule has 0 saturated heterocycles. The number of anilines is 3. The van der Waals surface area contributed by atoms with Crippen molar-refractivity contribution in [1.82, 2.24) is 9.97 Å². The molecule has 0 aliphatic heterocycles. The molecule has 0 aliphatic rings. The van der Waals surface area contributed by atoms with Crippen molar-refractivity contribution in [3.05, 3.63) is 133 Å². The fourth-order valence-corrected chi connectivity index (χ4v) is 8.25. The first-order valence-electron chi connectivity index (χ1n) is 15.3. The van der Waals surface area contributed by atoms with Gasteiger partial charge in [-0.15, -0.1) is 22.7 Å². The molecule has 4 nitrogen and oxygen atoms in total. The van der Waals surface area contributed by atoms with Crippen LogP contribution in [-0.4, -0.2) is 15.1 Å². The van der Waals surface area contributed by atoms with Crippen LogP contribution in [-0.2, 0) is 5.41 Å². The van der Waals surface area contributed by atoms with Crippen LogP contribution in [0.3, 0.4) is 0 Å². The quantitative estimate of drug-likeness (QED) is 0.205. The third-order valence-electron chi connectivity index (χ3n) is 8.43. The number of hydrogen-bond acceptors (Lipinski definition) is 6. The van der Waals surface area contributed by atoms with Gasteiger partial charge in [-0.2, -0.15) is 0 Å². The second-order valence-electron chi connectivity index (χ2n) is 12.5. The predicted molar refractivity (Wildman–Crippen MR) is 196 cm³/mol. The van der Waals surface area contributed by atoms with Gasteiger partial charge >= 0.3 is 0 Å². The second kappa shape index (κ2) is 11.1. The predicted octanol–water partition coefficient (Wildman–Crippen LogP) is 11.9. The van der Waals surface area contributed by atoms with Gasteiger partial charge in [-0.1, -0.05) is 81.4 Å². The molecule has 224 valence electrons. The number of phenols is 1. The molecule has 0 unspecified atom stereocenters. The van der Waals surface area contributed by atoms with E-state index in [2.05, 4.69) is 123 Å². The van der Waals surface area contributed by atoms with Gasteiger partial charge in [0, 0.05) is 37.6 Å². The number of phenolic OH excluding ortho intramolecular Hbond substituents is 1. The van der Waals surface area contributed by atoms with Crippen LogP contribution in [0.1, 0.15) is 26.3 Å². The van der Waals surface area contributed by atoms with Crippen molar-refractivity contribution < 1.29 is 5.11 Å². The highest BCUT2D eigenvalue weighted by molar-refractivity contribution is 7.26. The van der Waals surface area contributed by atoms with Gasteiger partial charge in [0.1, 0.15) is 16.6 Å². The number of fused-ring (bicyclic) bond motifs is 4. The minimum Gasteiger partial charge on any atom is -0.507 e. The van der Waals surface area contributed by atoms with Gasteiger partial charge in [-0.05, 0) is 77.2 Å². The molecular formula is C40H31N3OS2. The van der Waals surface area contributed by atoms with E-state index < -0.39 is 0 Å². The number of rotatable bonds is 5. The minimum atomic E-state index is -0.0378. The number of pyridine rings is 1. The summed E-state index contributed by atoms with van der Waals surface area (Å²) in [5, 5.41) is 14.1. The molecule has 5 aromatic carbocycles. The van der Waals surface area contributed by atoms with Crippen LogP contribution < -0.4 is 4.90 Å². The topological polar surface area (TPSA) is 49.3 Å². The molecular weight excluding hydrogens is 603 g/mol. The summed E-state index contributed by atoms with van der Waals surface area (Å²) in [7, 11) is 0. The highest BCUT2D eigenvalue weighted by Crippen LogP contribution is 2.45. The number of aromatic hydroxyl groups is 1. The van der Waals surface area contributed by atoms with Crippen molar-refractivity contribution in [2.75, 3.05) is 4.90 Å². The summed E-state index contributed by atoms with van der Waals surface area (Å²) in [4.78, 5) is 12.2. The maximum Gasteiger partial charge on any atom is 0.137 e. The number of thiazole rings is 1. The molecule has 0 amide bonds. The van der Waals surface area contributed by atoms with Crippen LogP contribution in [0.2, 0.25) is 0 Å². The number of hydrogen-bond donors (Lipinski definition) is 1. The highest BCUT2D eigenvalue weighted by atomic mass is 32.1.